The third-order valence-corrected chi connectivity index (χ3v) is 4.55. The zero-order valence-corrected chi connectivity index (χ0v) is 13.2. The van der Waals surface area contributed by atoms with Crippen molar-refractivity contribution in [3.63, 3.8) is 0 Å². The molecule has 3 heteroatoms. The molecule has 1 rings (SSSR count). The lowest BCUT2D eigenvalue weighted by Gasteiger charge is -2.41. The molecule has 0 aromatic carbocycles. The molecule has 1 atom stereocenters. The Morgan fingerprint density at radius 1 is 1.18 bits per heavy atom. The molecule has 1 saturated carbocycles. The molecule has 17 heavy (non-hydrogen) atoms. The number of carbonyl (C=O) groups excluding carboxylic acids is 1. The number of carbonyl (C=O) groups is 1. The molecule has 1 aliphatic carbocycles. The van der Waals surface area contributed by atoms with Crippen LogP contribution in [0.2, 0.25) is 13.1 Å². The second kappa shape index (κ2) is 6.14. The van der Waals surface area contributed by atoms with E-state index in [0.717, 1.165) is 32.0 Å². The first-order valence-corrected chi connectivity index (χ1v) is 9.73. The van der Waals surface area contributed by atoms with Gasteiger partial charge in [0.25, 0.3) is 0 Å². The van der Waals surface area contributed by atoms with Crippen molar-refractivity contribution in [2.24, 2.45) is 17.3 Å². The molecule has 1 aliphatic rings. The predicted octanol–water partition coefficient (Wildman–Crippen LogP) is 3.41. The maximum absolute atomic E-state index is 10.8. The molecule has 0 aromatic heterocycles. The fraction of sp³-hybridized carbons (Fsp3) is 0.929. The zero-order chi connectivity index (χ0) is 13.1. The lowest BCUT2D eigenvalue weighted by Crippen LogP contribution is -2.41. The largest absolute Gasteiger partial charge is 0.417 e. The van der Waals surface area contributed by atoms with E-state index in [9.17, 15) is 4.79 Å². The van der Waals surface area contributed by atoms with Crippen molar-refractivity contribution in [2.45, 2.75) is 65.7 Å². The van der Waals surface area contributed by atoms with Crippen molar-refractivity contribution in [2.75, 3.05) is 0 Å². The fourth-order valence-electron chi connectivity index (χ4n) is 2.90. The summed E-state index contributed by atoms with van der Waals surface area (Å²) in [5.41, 5.74) is 0.218. The summed E-state index contributed by atoms with van der Waals surface area (Å²) in [7, 11) is -0.992. The first kappa shape index (κ1) is 14.9. The third kappa shape index (κ3) is 4.55. The van der Waals surface area contributed by atoms with Gasteiger partial charge in [-0.1, -0.05) is 20.8 Å². The SMILES string of the molecule is C[SiH](C)OC(C1CCC(C=O)CC1)C(C)(C)C. The van der Waals surface area contributed by atoms with Crippen LogP contribution in [0.1, 0.15) is 46.5 Å². The Labute approximate surface area is 108 Å². The van der Waals surface area contributed by atoms with Crippen LogP contribution in [-0.4, -0.2) is 21.4 Å². The Kier molecular flexibility index (Phi) is 5.39. The molecule has 100 valence electrons. The summed E-state index contributed by atoms with van der Waals surface area (Å²) in [6.07, 6.45) is 5.95. The van der Waals surface area contributed by atoms with Gasteiger partial charge in [-0.05, 0) is 50.1 Å². The summed E-state index contributed by atoms with van der Waals surface area (Å²) < 4.78 is 6.27. The van der Waals surface area contributed by atoms with E-state index < -0.39 is 9.04 Å². The minimum absolute atomic E-state index is 0.218. The summed E-state index contributed by atoms with van der Waals surface area (Å²) in [5.74, 6) is 0.962. The molecule has 1 unspecified atom stereocenters. The van der Waals surface area contributed by atoms with Crippen LogP contribution in [0.15, 0.2) is 0 Å². The van der Waals surface area contributed by atoms with Crippen LogP contribution in [0.5, 0.6) is 0 Å². The molecule has 0 aromatic rings. The first-order valence-electron chi connectivity index (χ1n) is 6.95. The molecule has 0 N–H and O–H groups in total. The van der Waals surface area contributed by atoms with Crippen molar-refractivity contribution < 1.29 is 9.22 Å². The van der Waals surface area contributed by atoms with Gasteiger partial charge in [0.2, 0.25) is 0 Å². The van der Waals surface area contributed by atoms with Crippen molar-refractivity contribution >= 4 is 15.3 Å². The fourth-order valence-corrected chi connectivity index (χ4v) is 4.12. The van der Waals surface area contributed by atoms with Gasteiger partial charge >= 0.3 is 0 Å². The smallest absolute Gasteiger partial charge is 0.171 e. The van der Waals surface area contributed by atoms with Crippen molar-refractivity contribution in [1.29, 1.82) is 0 Å². The molecular formula is C14H28O2Si. The van der Waals surface area contributed by atoms with Gasteiger partial charge in [-0.15, -0.1) is 0 Å². The number of hydrogen-bond donors (Lipinski definition) is 0. The minimum atomic E-state index is -0.992. The van der Waals surface area contributed by atoms with Crippen LogP contribution >= 0.6 is 0 Å². The number of hydrogen-bond acceptors (Lipinski definition) is 2. The van der Waals surface area contributed by atoms with Crippen LogP contribution in [-0.2, 0) is 9.22 Å². The quantitative estimate of drug-likeness (QED) is 0.569. The molecule has 2 nitrogen and oxygen atoms in total. The molecular weight excluding hydrogens is 228 g/mol. The Balaban J connectivity index is 2.62. The third-order valence-electron chi connectivity index (χ3n) is 3.71. The highest BCUT2D eigenvalue weighted by Crippen LogP contribution is 2.38. The molecule has 0 aliphatic heterocycles. The number of rotatable bonds is 4. The van der Waals surface area contributed by atoms with Crippen LogP contribution in [0.3, 0.4) is 0 Å². The Hall–Kier alpha value is -0.153. The Morgan fingerprint density at radius 3 is 2.06 bits per heavy atom. The van der Waals surface area contributed by atoms with Gasteiger partial charge in [0.1, 0.15) is 6.29 Å². The monoisotopic (exact) mass is 256 g/mol. The summed E-state index contributed by atoms with van der Waals surface area (Å²) in [6, 6.07) is 0. The Morgan fingerprint density at radius 2 is 1.71 bits per heavy atom. The summed E-state index contributed by atoms with van der Waals surface area (Å²) in [6.45, 7) is 11.3. The molecule has 1 fully saturated rings. The average molecular weight is 256 g/mol. The van der Waals surface area contributed by atoms with Crippen LogP contribution in [0.25, 0.3) is 0 Å². The highest BCUT2D eigenvalue weighted by Gasteiger charge is 2.35. The normalized spacial score (nSPS) is 28.1. The topological polar surface area (TPSA) is 26.3 Å². The van der Waals surface area contributed by atoms with E-state index in [1.165, 1.54) is 0 Å². The lowest BCUT2D eigenvalue weighted by molar-refractivity contribution is -0.112. The second-order valence-electron chi connectivity index (χ2n) is 6.78. The van der Waals surface area contributed by atoms with Gasteiger partial charge in [0, 0.05) is 5.92 Å². The van der Waals surface area contributed by atoms with Crippen LogP contribution in [0.4, 0.5) is 0 Å². The van der Waals surface area contributed by atoms with Gasteiger partial charge in [0.05, 0.1) is 6.10 Å². The van der Waals surface area contributed by atoms with Crippen LogP contribution in [0, 0.1) is 17.3 Å². The zero-order valence-electron chi connectivity index (χ0n) is 12.0. The van der Waals surface area contributed by atoms with E-state index in [-0.39, 0.29) is 5.41 Å². The highest BCUT2D eigenvalue weighted by molar-refractivity contribution is 6.48. The van der Waals surface area contributed by atoms with E-state index >= 15 is 0 Å². The Bertz CT molecular complexity index is 237. The van der Waals surface area contributed by atoms with E-state index in [2.05, 4.69) is 33.9 Å². The van der Waals surface area contributed by atoms with Crippen LogP contribution < -0.4 is 0 Å². The molecule has 0 heterocycles. The lowest BCUT2D eigenvalue weighted by atomic mass is 9.73. The maximum atomic E-state index is 10.8. The number of aldehydes is 1. The average Bonchev–Trinajstić information content (AvgIpc) is 2.24. The predicted molar refractivity (Wildman–Crippen MR) is 74.7 cm³/mol. The van der Waals surface area contributed by atoms with Gasteiger partial charge in [-0.3, -0.25) is 0 Å². The molecule has 0 bridgehead atoms. The molecule has 0 radical (unpaired) electrons. The van der Waals surface area contributed by atoms with Gasteiger partial charge < -0.3 is 9.22 Å². The minimum Gasteiger partial charge on any atom is -0.417 e. The van der Waals surface area contributed by atoms with E-state index in [0.29, 0.717) is 17.9 Å². The first-order chi connectivity index (χ1) is 7.84. The second-order valence-corrected chi connectivity index (χ2v) is 9.15. The molecule has 0 spiro atoms. The highest BCUT2D eigenvalue weighted by atomic mass is 28.3. The van der Waals surface area contributed by atoms with E-state index in [1.54, 1.807) is 0 Å². The maximum Gasteiger partial charge on any atom is 0.171 e. The summed E-state index contributed by atoms with van der Waals surface area (Å²) in [5, 5.41) is 0. The van der Waals surface area contributed by atoms with Gasteiger partial charge in [0.15, 0.2) is 9.04 Å². The standard InChI is InChI=1S/C14H28O2Si/c1-14(2,3)13(16-17(4)5)12-8-6-11(10-15)7-9-12/h10-13,17H,6-9H2,1-5H3. The van der Waals surface area contributed by atoms with Gasteiger partial charge in [-0.2, -0.15) is 0 Å². The van der Waals surface area contributed by atoms with Crippen molar-refractivity contribution in [3.8, 4) is 0 Å². The van der Waals surface area contributed by atoms with E-state index in [1.807, 2.05) is 0 Å². The summed E-state index contributed by atoms with van der Waals surface area (Å²) in [4.78, 5) is 10.8. The van der Waals surface area contributed by atoms with Gasteiger partial charge in [-0.25, -0.2) is 0 Å². The van der Waals surface area contributed by atoms with Crippen molar-refractivity contribution in [3.05, 3.63) is 0 Å². The van der Waals surface area contributed by atoms with E-state index in [4.69, 9.17) is 4.43 Å². The summed E-state index contributed by atoms with van der Waals surface area (Å²) >= 11 is 0. The molecule has 0 amide bonds. The van der Waals surface area contributed by atoms with Crippen molar-refractivity contribution in [1.82, 2.24) is 0 Å². The molecule has 0 saturated heterocycles.